The first-order valence-electron chi connectivity index (χ1n) is 6.35. The number of hydrogen-bond donors (Lipinski definition) is 2. The highest BCUT2D eigenvalue weighted by atomic mass is 14.7. The van der Waals surface area contributed by atoms with Crippen molar-refractivity contribution in [1.29, 1.82) is 0 Å². The van der Waals surface area contributed by atoms with Crippen LogP contribution in [0.5, 0.6) is 0 Å². The van der Waals surface area contributed by atoms with E-state index in [1.807, 2.05) is 12.1 Å². The average Bonchev–Trinajstić information content (AvgIpc) is 2.24. The minimum absolute atomic E-state index is 0.0112. The van der Waals surface area contributed by atoms with Crippen molar-refractivity contribution >= 4 is 11.3 Å². The van der Waals surface area contributed by atoms with Crippen LogP contribution in [-0.2, 0) is 0 Å². The van der Waals surface area contributed by atoms with Crippen LogP contribution in [0.25, 0.3) is 5.57 Å². The fraction of sp³-hybridized carbons (Fsp3) is 0.375. The predicted molar refractivity (Wildman–Crippen MR) is 79.1 cm³/mol. The van der Waals surface area contributed by atoms with Gasteiger partial charge in [0.25, 0.3) is 0 Å². The molecule has 0 saturated carbocycles. The Kier molecular flexibility index (Phi) is 3.07. The summed E-state index contributed by atoms with van der Waals surface area (Å²) >= 11 is 0. The average molecular weight is 242 g/mol. The number of nitrogens with two attached hydrogens (primary N) is 2. The molecule has 1 aliphatic carbocycles. The van der Waals surface area contributed by atoms with E-state index in [2.05, 4.69) is 45.9 Å². The molecule has 18 heavy (non-hydrogen) atoms. The molecule has 2 heteroatoms. The lowest BCUT2D eigenvalue weighted by atomic mass is 9.75. The van der Waals surface area contributed by atoms with E-state index in [4.69, 9.17) is 11.5 Å². The smallest absolute Gasteiger partial charge is 0.0317 e. The summed E-state index contributed by atoms with van der Waals surface area (Å²) in [5.41, 5.74) is 17.8. The summed E-state index contributed by atoms with van der Waals surface area (Å²) in [6, 6.07) is 6.15. The third-order valence-electron chi connectivity index (χ3n) is 3.77. The minimum Gasteiger partial charge on any atom is -0.399 e. The van der Waals surface area contributed by atoms with Crippen molar-refractivity contribution in [3.8, 4) is 0 Å². The van der Waals surface area contributed by atoms with Crippen molar-refractivity contribution in [1.82, 2.24) is 0 Å². The molecule has 0 radical (unpaired) electrons. The zero-order chi connectivity index (χ0) is 13.5. The topological polar surface area (TPSA) is 52.0 Å². The number of aryl methyl sites for hydroxylation is 1. The number of rotatable bonds is 1. The molecule has 96 valence electrons. The fourth-order valence-corrected chi connectivity index (χ4v) is 2.44. The Hall–Kier alpha value is -1.54. The lowest BCUT2D eigenvalue weighted by Crippen LogP contribution is -2.36. The second-order valence-electron chi connectivity index (χ2n) is 5.83. The van der Waals surface area contributed by atoms with Gasteiger partial charge in [-0.1, -0.05) is 32.1 Å². The van der Waals surface area contributed by atoms with Gasteiger partial charge in [-0.2, -0.15) is 0 Å². The third-order valence-corrected chi connectivity index (χ3v) is 3.77. The molecule has 0 aromatic heterocycles. The van der Waals surface area contributed by atoms with Crippen LogP contribution in [0.1, 0.15) is 31.9 Å². The van der Waals surface area contributed by atoms with Crippen LogP contribution < -0.4 is 11.5 Å². The van der Waals surface area contributed by atoms with Gasteiger partial charge in [-0.25, -0.2) is 0 Å². The highest BCUT2D eigenvalue weighted by molar-refractivity contribution is 5.82. The molecule has 2 rings (SSSR count). The number of nitrogen functional groups attached to an aromatic ring is 1. The molecular weight excluding hydrogens is 220 g/mol. The highest BCUT2D eigenvalue weighted by Gasteiger charge is 2.28. The molecule has 0 fully saturated rings. The maximum absolute atomic E-state index is 6.16. The van der Waals surface area contributed by atoms with Crippen molar-refractivity contribution < 1.29 is 0 Å². The molecule has 2 nitrogen and oxygen atoms in total. The zero-order valence-electron chi connectivity index (χ0n) is 11.6. The van der Waals surface area contributed by atoms with E-state index < -0.39 is 0 Å². The Morgan fingerprint density at radius 3 is 2.44 bits per heavy atom. The second-order valence-corrected chi connectivity index (χ2v) is 5.83. The third kappa shape index (κ3) is 2.21. The lowest BCUT2D eigenvalue weighted by Gasteiger charge is -2.33. The van der Waals surface area contributed by atoms with E-state index in [-0.39, 0.29) is 11.5 Å². The number of benzene rings is 1. The SMILES string of the molecule is CC1=CC(N)C(C)(C)C=C1c1ccc(N)cc1C. The Labute approximate surface area is 109 Å². The van der Waals surface area contributed by atoms with Gasteiger partial charge in [0.05, 0.1) is 0 Å². The van der Waals surface area contributed by atoms with Crippen LogP contribution in [0.4, 0.5) is 5.69 Å². The van der Waals surface area contributed by atoms with Crippen molar-refractivity contribution in [3.05, 3.63) is 47.1 Å². The van der Waals surface area contributed by atoms with E-state index in [0.29, 0.717) is 0 Å². The Balaban J connectivity index is 2.53. The Bertz CT molecular complexity index is 536. The van der Waals surface area contributed by atoms with Gasteiger partial charge in [-0.05, 0) is 48.3 Å². The fourth-order valence-electron chi connectivity index (χ4n) is 2.44. The molecule has 0 saturated heterocycles. The quantitative estimate of drug-likeness (QED) is 0.743. The molecule has 0 amide bonds. The van der Waals surface area contributed by atoms with Crippen LogP contribution >= 0.6 is 0 Å². The van der Waals surface area contributed by atoms with Gasteiger partial charge in [-0.3, -0.25) is 0 Å². The van der Waals surface area contributed by atoms with Crippen molar-refractivity contribution in [2.75, 3.05) is 5.73 Å². The maximum atomic E-state index is 6.16. The molecule has 0 spiro atoms. The van der Waals surface area contributed by atoms with Crippen molar-refractivity contribution in [3.63, 3.8) is 0 Å². The summed E-state index contributed by atoms with van der Waals surface area (Å²) in [5.74, 6) is 0. The first-order valence-corrected chi connectivity index (χ1v) is 6.35. The summed E-state index contributed by atoms with van der Waals surface area (Å²) in [6.07, 6.45) is 4.44. The van der Waals surface area contributed by atoms with Gasteiger partial charge in [-0.15, -0.1) is 0 Å². The van der Waals surface area contributed by atoms with Crippen LogP contribution in [0.3, 0.4) is 0 Å². The van der Waals surface area contributed by atoms with E-state index in [0.717, 1.165) is 5.69 Å². The molecule has 1 aromatic carbocycles. The number of allylic oxidation sites excluding steroid dienone is 2. The van der Waals surface area contributed by atoms with E-state index >= 15 is 0 Å². The molecule has 0 aliphatic heterocycles. The molecule has 1 unspecified atom stereocenters. The summed E-state index contributed by atoms with van der Waals surface area (Å²) < 4.78 is 0. The predicted octanol–water partition coefficient (Wildman–Crippen LogP) is 3.27. The van der Waals surface area contributed by atoms with Crippen molar-refractivity contribution in [2.24, 2.45) is 11.1 Å². The first kappa shape index (κ1) is 12.9. The molecular formula is C16H22N2. The van der Waals surface area contributed by atoms with Gasteiger partial charge in [0.2, 0.25) is 0 Å². The largest absolute Gasteiger partial charge is 0.399 e. The molecule has 0 heterocycles. The summed E-state index contributed by atoms with van der Waals surface area (Å²) in [4.78, 5) is 0. The maximum Gasteiger partial charge on any atom is 0.0317 e. The molecule has 1 aliphatic rings. The Morgan fingerprint density at radius 1 is 1.17 bits per heavy atom. The van der Waals surface area contributed by atoms with Gasteiger partial charge < -0.3 is 11.5 Å². The van der Waals surface area contributed by atoms with Gasteiger partial charge in [0, 0.05) is 17.1 Å². The number of hydrogen-bond acceptors (Lipinski definition) is 2. The van der Waals surface area contributed by atoms with E-state index in [1.54, 1.807) is 0 Å². The van der Waals surface area contributed by atoms with Crippen LogP contribution in [0.15, 0.2) is 35.9 Å². The first-order chi connectivity index (χ1) is 8.31. The summed E-state index contributed by atoms with van der Waals surface area (Å²) in [5, 5.41) is 0. The summed E-state index contributed by atoms with van der Waals surface area (Å²) in [7, 11) is 0. The van der Waals surface area contributed by atoms with Crippen LogP contribution in [-0.4, -0.2) is 6.04 Å². The minimum atomic E-state index is -0.0112. The van der Waals surface area contributed by atoms with Gasteiger partial charge >= 0.3 is 0 Å². The Morgan fingerprint density at radius 2 is 1.83 bits per heavy atom. The molecule has 4 N–H and O–H groups in total. The van der Waals surface area contributed by atoms with Gasteiger partial charge in [0.15, 0.2) is 0 Å². The lowest BCUT2D eigenvalue weighted by molar-refractivity contribution is 0.420. The summed E-state index contributed by atoms with van der Waals surface area (Å²) in [6.45, 7) is 8.57. The van der Waals surface area contributed by atoms with Crippen LogP contribution in [0, 0.1) is 12.3 Å². The van der Waals surface area contributed by atoms with E-state index in [9.17, 15) is 0 Å². The monoisotopic (exact) mass is 242 g/mol. The molecule has 1 atom stereocenters. The van der Waals surface area contributed by atoms with Gasteiger partial charge in [0.1, 0.15) is 0 Å². The molecule has 0 bridgehead atoms. The molecule has 1 aromatic rings. The van der Waals surface area contributed by atoms with Crippen molar-refractivity contribution in [2.45, 2.75) is 33.7 Å². The second kappa shape index (κ2) is 4.29. The normalized spacial score (nSPS) is 22.4. The number of anilines is 1. The van der Waals surface area contributed by atoms with Crippen LogP contribution in [0.2, 0.25) is 0 Å². The highest BCUT2D eigenvalue weighted by Crippen LogP contribution is 2.37. The van der Waals surface area contributed by atoms with E-state index in [1.165, 1.54) is 22.3 Å². The standard InChI is InChI=1S/C16H22N2/c1-10-7-12(17)5-6-13(10)14-9-16(3,4)15(18)8-11(14)2/h5-9,15H,17-18H2,1-4H3. The zero-order valence-corrected chi connectivity index (χ0v) is 11.6.